The van der Waals surface area contributed by atoms with Crippen molar-refractivity contribution in [2.24, 2.45) is 7.05 Å². The summed E-state index contributed by atoms with van der Waals surface area (Å²) in [7, 11) is -2.17. The minimum atomic E-state index is -3.80. The monoisotopic (exact) mass is 472 g/mol. The summed E-state index contributed by atoms with van der Waals surface area (Å²) in [5.74, 6) is -0.594. The van der Waals surface area contributed by atoms with Crippen LogP contribution in [0.2, 0.25) is 0 Å². The maximum atomic E-state index is 14.9. The third-order valence-electron chi connectivity index (χ3n) is 6.75. The molecule has 1 saturated heterocycles. The van der Waals surface area contributed by atoms with Gasteiger partial charge in [0.25, 0.3) is 0 Å². The molecular weight excluding hydrogens is 446 g/mol. The zero-order valence-corrected chi connectivity index (χ0v) is 19.2. The van der Waals surface area contributed by atoms with E-state index in [0.717, 1.165) is 42.6 Å². The quantitative estimate of drug-likeness (QED) is 0.574. The van der Waals surface area contributed by atoms with Gasteiger partial charge in [-0.25, -0.2) is 21.9 Å². The van der Waals surface area contributed by atoms with Gasteiger partial charge in [-0.15, -0.1) is 0 Å². The molecule has 33 heavy (non-hydrogen) atoms. The van der Waals surface area contributed by atoms with Crippen LogP contribution in [0, 0.1) is 11.6 Å². The summed E-state index contributed by atoms with van der Waals surface area (Å²) in [6, 6.07) is 10.2. The molecule has 0 radical (unpaired) electrons. The number of fused-ring (bicyclic) bond motifs is 1. The third kappa shape index (κ3) is 4.45. The van der Waals surface area contributed by atoms with Gasteiger partial charge in [-0.3, -0.25) is 9.58 Å². The van der Waals surface area contributed by atoms with E-state index < -0.39 is 15.8 Å². The molecular formula is C24H26F2N4O2S. The normalized spacial score (nSPS) is 20.6. The highest BCUT2D eigenvalue weighted by atomic mass is 32.2. The maximum absolute atomic E-state index is 14.9. The second-order valence-electron chi connectivity index (χ2n) is 8.92. The Morgan fingerprint density at radius 2 is 2.00 bits per heavy atom. The predicted molar refractivity (Wildman–Crippen MR) is 120 cm³/mol. The average molecular weight is 473 g/mol. The van der Waals surface area contributed by atoms with Crippen molar-refractivity contribution in [1.82, 2.24) is 19.4 Å². The van der Waals surface area contributed by atoms with Gasteiger partial charge < -0.3 is 0 Å². The Morgan fingerprint density at radius 3 is 2.67 bits per heavy atom. The Kier molecular flexibility index (Phi) is 5.80. The van der Waals surface area contributed by atoms with Gasteiger partial charge in [0.05, 0.1) is 6.20 Å². The first kappa shape index (κ1) is 22.2. The number of benzene rings is 2. The summed E-state index contributed by atoms with van der Waals surface area (Å²) in [4.78, 5) is 2.44. The summed E-state index contributed by atoms with van der Waals surface area (Å²) in [5, 5.41) is 3.89. The Bertz CT molecular complexity index is 1290. The molecule has 1 aliphatic heterocycles. The van der Waals surface area contributed by atoms with E-state index in [4.69, 9.17) is 0 Å². The molecule has 1 fully saturated rings. The summed E-state index contributed by atoms with van der Waals surface area (Å²) in [6.45, 7) is 1.87. The van der Waals surface area contributed by atoms with Crippen molar-refractivity contribution in [3.8, 4) is 0 Å². The number of rotatable bonds is 7. The van der Waals surface area contributed by atoms with Crippen LogP contribution in [0.15, 0.2) is 53.7 Å². The van der Waals surface area contributed by atoms with Gasteiger partial charge in [0.2, 0.25) is 10.0 Å². The molecule has 0 saturated carbocycles. The molecule has 3 aromatic rings. The van der Waals surface area contributed by atoms with Crippen LogP contribution in [0.1, 0.15) is 34.6 Å². The first-order chi connectivity index (χ1) is 15.8. The van der Waals surface area contributed by atoms with Crippen LogP contribution >= 0.6 is 0 Å². The Morgan fingerprint density at radius 1 is 1.18 bits per heavy atom. The lowest BCUT2D eigenvalue weighted by Crippen LogP contribution is -2.47. The molecule has 2 unspecified atom stereocenters. The zero-order valence-electron chi connectivity index (χ0n) is 18.3. The highest BCUT2D eigenvalue weighted by Gasteiger charge is 2.39. The molecule has 5 rings (SSSR count). The molecule has 9 heteroatoms. The average Bonchev–Trinajstić information content (AvgIpc) is 3.30. The highest BCUT2D eigenvalue weighted by Crippen LogP contribution is 2.41. The largest absolute Gasteiger partial charge is 0.299 e. The number of likely N-dealkylation sites (tertiary alicyclic amines) is 1. The number of sulfonamides is 1. The fourth-order valence-corrected chi connectivity index (χ4v) is 5.91. The highest BCUT2D eigenvalue weighted by molar-refractivity contribution is 7.89. The van der Waals surface area contributed by atoms with Crippen LogP contribution < -0.4 is 4.72 Å². The Hall–Kier alpha value is -2.62. The van der Waals surface area contributed by atoms with Gasteiger partial charge >= 0.3 is 0 Å². The van der Waals surface area contributed by atoms with Crippen molar-refractivity contribution in [3.63, 3.8) is 0 Å². The van der Waals surface area contributed by atoms with Crippen LogP contribution in [0.5, 0.6) is 0 Å². The smallest absolute Gasteiger partial charge is 0.243 e. The van der Waals surface area contributed by atoms with Crippen molar-refractivity contribution < 1.29 is 17.2 Å². The van der Waals surface area contributed by atoms with E-state index in [1.54, 1.807) is 31.3 Å². The fourth-order valence-electron chi connectivity index (χ4n) is 4.92. The minimum Gasteiger partial charge on any atom is -0.299 e. The molecule has 0 spiro atoms. The van der Waals surface area contributed by atoms with Gasteiger partial charge in [0.15, 0.2) is 0 Å². The van der Waals surface area contributed by atoms with Gasteiger partial charge in [-0.05, 0) is 67.2 Å². The zero-order chi connectivity index (χ0) is 23.2. The first-order valence-electron chi connectivity index (χ1n) is 11.1. The second kappa shape index (κ2) is 8.62. The summed E-state index contributed by atoms with van der Waals surface area (Å²) in [6.07, 6.45) is 5.20. The topological polar surface area (TPSA) is 67.2 Å². The van der Waals surface area contributed by atoms with Gasteiger partial charge in [0.1, 0.15) is 16.5 Å². The van der Waals surface area contributed by atoms with Gasteiger partial charge in [-0.2, -0.15) is 5.10 Å². The van der Waals surface area contributed by atoms with E-state index in [-0.39, 0.29) is 29.2 Å². The molecule has 2 aromatic carbocycles. The van der Waals surface area contributed by atoms with E-state index in [1.807, 2.05) is 6.07 Å². The number of halogens is 2. The Balaban J connectivity index is 1.42. The van der Waals surface area contributed by atoms with E-state index in [2.05, 4.69) is 14.7 Å². The molecule has 2 heterocycles. The lowest BCUT2D eigenvalue weighted by molar-refractivity contribution is 0.106. The molecule has 2 atom stereocenters. The van der Waals surface area contributed by atoms with Gasteiger partial charge in [0, 0.05) is 37.3 Å². The molecule has 174 valence electrons. The number of aryl methyl sites for hydroxylation is 1. The summed E-state index contributed by atoms with van der Waals surface area (Å²) < 4.78 is 57.8. The van der Waals surface area contributed by atoms with E-state index in [9.17, 15) is 17.2 Å². The second-order valence-corrected chi connectivity index (χ2v) is 10.7. The van der Waals surface area contributed by atoms with Crippen molar-refractivity contribution in [2.45, 2.75) is 42.7 Å². The third-order valence-corrected chi connectivity index (χ3v) is 8.11. The van der Waals surface area contributed by atoms with E-state index in [1.165, 1.54) is 23.1 Å². The number of aromatic nitrogens is 2. The maximum Gasteiger partial charge on any atom is 0.243 e. The van der Waals surface area contributed by atoms with Crippen LogP contribution in [0.25, 0.3) is 0 Å². The van der Waals surface area contributed by atoms with Crippen LogP contribution in [0.3, 0.4) is 0 Å². The number of hydrogen-bond donors (Lipinski definition) is 1. The van der Waals surface area contributed by atoms with Crippen molar-refractivity contribution in [2.75, 3.05) is 13.1 Å². The van der Waals surface area contributed by atoms with Crippen molar-refractivity contribution in [1.29, 1.82) is 0 Å². The lowest BCUT2D eigenvalue weighted by Gasteiger charge is -2.39. The van der Waals surface area contributed by atoms with E-state index in [0.29, 0.717) is 12.0 Å². The van der Waals surface area contributed by atoms with Crippen LogP contribution in [-0.2, 0) is 36.5 Å². The minimum absolute atomic E-state index is 0.0356. The number of nitrogens with one attached hydrogen (secondary N) is 1. The lowest BCUT2D eigenvalue weighted by atomic mass is 9.88. The van der Waals surface area contributed by atoms with Crippen LogP contribution in [0.4, 0.5) is 8.78 Å². The Labute approximate surface area is 192 Å². The van der Waals surface area contributed by atoms with E-state index >= 15 is 0 Å². The standard InChI is InChI=1S/C24H26F2N4O2S/c1-29-15-20(14-27-29)33(31,32)28-13-18-10-21-17(11-23(18)26)12-24(30-6-3-7-30)22(21)9-16-4-2-5-19(25)8-16/h2,4-5,8,10-11,14-15,22,24,28H,3,6-7,9,12-13H2,1H3. The molecule has 0 amide bonds. The number of hydrogen-bond acceptors (Lipinski definition) is 4. The number of nitrogens with zero attached hydrogens (tertiary/aromatic N) is 3. The molecule has 2 aliphatic rings. The first-order valence-corrected chi connectivity index (χ1v) is 12.6. The molecule has 1 N–H and O–H groups in total. The SMILES string of the molecule is Cn1cc(S(=O)(=O)NCc2cc3c(cc2F)CC(N2CCC2)C3Cc2cccc(F)c2)cn1. The molecule has 1 aliphatic carbocycles. The van der Waals surface area contributed by atoms with Crippen LogP contribution in [-0.4, -0.2) is 42.2 Å². The predicted octanol–water partition coefficient (Wildman–Crippen LogP) is 3.13. The molecule has 1 aromatic heterocycles. The van der Waals surface area contributed by atoms with Crippen molar-refractivity contribution >= 4 is 10.0 Å². The summed E-state index contributed by atoms with van der Waals surface area (Å²) in [5.41, 5.74) is 3.18. The molecule has 0 bridgehead atoms. The summed E-state index contributed by atoms with van der Waals surface area (Å²) >= 11 is 0. The van der Waals surface area contributed by atoms with Gasteiger partial charge in [-0.1, -0.05) is 18.2 Å². The fraction of sp³-hybridized carbons (Fsp3) is 0.375. The van der Waals surface area contributed by atoms with Crippen molar-refractivity contribution in [3.05, 3.63) is 82.7 Å². The molecule has 6 nitrogen and oxygen atoms in total.